The van der Waals surface area contributed by atoms with Gasteiger partial charge in [-0.3, -0.25) is 4.98 Å². The Morgan fingerprint density at radius 3 is 2.67 bits per heavy atom. The van der Waals surface area contributed by atoms with E-state index in [9.17, 15) is 0 Å². The summed E-state index contributed by atoms with van der Waals surface area (Å²) in [5.41, 5.74) is 9.14. The van der Waals surface area contributed by atoms with E-state index < -0.39 is 0 Å². The van der Waals surface area contributed by atoms with Crippen LogP contribution in [-0.2, 0) is 13.0 Å². The summed E-state index contributed by atoms with van der Waals surface area (Å²) in [6, 6.07) is 10.1. The molecule has 0 saturated carbocycles. The summed E-state index contributed by atoms with van der Waals surface area (Å²) in [6.07, 6.45) is 4.48. The van der Waals surface area contributed by atoms with Crippen molar-refractivity contribution in [2.75, 3.05) is 6.61 Å². The summed E-state index contributed by atoms with van der Waals surface area (Å²) in [5.74, 6) is 0.925. The first kappa shape index (κ1) is 12.6. The monoisotopic (exact) mass is 242 g/mol. The molecule has 18 heavy (non-hydrogen) atoms. The van der Waals surface area contributed by atoms with Crippen molar-refractivity contribution >= 4 is 0 Å². The Morgan fingerprint density at radius 2 is 1.94 bits per heavy atom. The quantitative estimate of drug-likeness (QED) is 0.876. The highest BCUT2D eigenvalue weighted by atomic mass is 16.5. The fourth-order valence-electron chi connectivity index (χ4n) is 1.90. The van der Waals surface area contributed by atoms with E-state index in [0.717, 1.165) is 23.3 Å². The van der Waals surface area contributed by atoms with E-state index in [1.165, 1.54) is 5.56 Å². The molecular weight excluding hydrogens is 224 g/mol. The van der Waals surface area contributed by atoms with Crippen molar-refractivity contribution in [3.63, 3.8) is 0 Å². The van der Waals surface area contributed by atoms with Gasteiger partial charge in [-0.05, 0) is 30.2 Å². The number of aromatic nitrogens is 1. The number of hydrogen-bond donors (Lipinski definition) is 1. The third kappa shape index (κ3) is 3.08. The molecule has 1 heterocycles. The Balaban J connectivity index is 1.98. The van der Waals surface area contributed by atoms with Crippen LogP contribution in [0.3, 0.4) is 0 Å². The second kappa shape index (κ2) is 6.17. The standard InChI is InChI=1S/C15H18N2O/c1-12-3-2-4-14(11-16)15(12)18-10-7-13-5-8-17-9-6-13/h2-6,8-9H,7,10-11,16H2,1H3. The van der Waals surface area contributed by atoms with E-state index in [-0.39, 0.29) is 0 Å². The molecule has 0 saturated heterocycles. The second-order valence-electron chi connectivity index (χ2n) is 4.22. The van der Waals surface area contributed by atoms with E-state index in [2.05, 4.69) is 4.98 Å². The van der Waals surface area contributed by atoms with Crippen molar-refractivity contribution in [2.45, 2.75) is 19.9 Å². The molecule has 2 N–H and O–H groups in total. The number of rotatable bonds is 5. The molecule has 3 heteroatoms. The molecule has 2 rings (SSSR count). The summed E-state index contributed by atoms with van der Waals surface area (Å²) < 4.78 is 5.86. The van der Waals surface area contributed by atoms with Crippen molar-refractivity contribution < 1.29 is 4.74 Å². The van der Waals surface area contributed by atoms with Crippen LogP contribution in [0.5, 0.6) is 5.75 Å². The molecular formula is C15H18N2O. The zero-order chi connectivity index (χ0) is 12.8. The van der Waals surface area contributed by atoms with Gasteiger partial charge >= 0.3 is 0 Å². The number of nitrogens with two attached hydrogens (primary N) is 1. The van der Waals surface area contributed by atoms with Crippen molar-refractivity contribution in [3.05, 3.63) is 59.4 Å². The maximum absolute atomic E-state index is 5.86. The molecule has 0 atom stereocenters. The Hall–Kier alpha value is -1.87. The van der Waals surface area contributed by atoms with Crippen LogP contribution in [0.2, 0.25) is 0 Å². The zero-order valence-corrected chi connectivity index (χ0v) is 10.6. The molecule has 1 aromatic carbocycles. The highest BCUT2D eigenvalue weighted by Crippen LogP contribution is 2.23. The maximum Gasteiger partial charge on any atom is 0.126 e. The molecule has 0 amide bonds. The van der Waals surface area contributed by atoms with E-state index in [1.807, 2.05) is 37.3 Å². The van der Waals surface area contributed by atoms with Crippen molar-refractivity contribution in [3.8, 4) is 5.75 Å². The van der Waals surface area contributed by atoms with Crippen LogP contribution in [0, 0.1) is 6.92 Å². The smallest absolute Gasteiger partial charge is 0.126 e. The van der Waals surface area contributed by atoms with E-state index in [1.54, 1.807) is 12.4 Å². The van der Waals surface area contributed by atoms with Gasteiger partial charge in [0.05, 0.1) is 6.61 Å². The number of hydrogen-bond acceptors (Lipinski definition) is 3. The van der Waals surface area contributed by atoms with Crippen LogP contribution in [0.15, 0.2) is 42.7 Å². The Kier molecular flexibility index (Phi) is 4.31. The summed E-state index contributed by atoms with van der Waals surface area (Å²) in [6.45, 7) is 3.20. The molecule has 0 fully saturated rings. The maximum atomic E-state index is 5.86. The predicted molar refractivity (Wildman–Crippen MR) is 72.5 cm³/mol. The van der Waals surface area contributed by atoms with Crippen LogP contribution in [0.4, 0.5) is 0 Å². The fourth-order valence-corrected chi connectivity index (χ4v) is 1.90. The molecule has 0 spiro atoms. The normalized spacial score (nSPS) is 10.3. The van der Waals surface area contributed by atoms with Gasteiger partial charge in [-0.1, -0.05) is 18.2 Å². The first-order valence-electron chi connectivity index (χ1n) is 6.11. The minimum Gasteiger partial charge on any atom is -0.493 e. The SMILES string of the molecule is Cc1cccc(CN)c1OCCc1ccncc1. The minimum atomic E-state index is 0.506. The van der Waals surface area contributed by atoms with Gasteiger partial charge in [0, 0.05) is 30.9 Å². The van der Waals surface area contributed by atoms with Crippen LogP contribution < -0.4 is 10.5 Å². The Morgan fingerprint density at radius 1 is 1.17 bits per heavy atom. The van der Waals surface area contributed by atoms with E-state index in [4.69, 9.17) is 10.5 Å². The van der Waals surface area contributed by atoms with Gasteiger partial charge in [0.25, 0.3) is 0 Å². The van der Waals surface area contributed by atoms with Crippen LogP contribution in [0.25, 0.3) is 0 Å². The van der Waals surface area contributed by atoms with Crippen LogP contribution >= 0.6 is 0 Å². The third-order valence-electron chi connectivity index (χ3n) is 2.90. The summed E-state index contributed by atoms with van der Waals surface area (Å²) in [7, 11) is 0. The third-order valence-corrected chi connectivity index (χ3v) is 2.90. The van der Waals surface area contributed by atoms with Gasteiger partial charge in [-0.15, -0.1) is 0 Å². The highest BCUT2D eigenvalue weighted by molar-refractivity contribution is 5.40. The topological polar surface area (TPSA) is 48.1 Å². The zero-order valence-electron chi connectivity index (χ0n) is 10.6. The predicted octanol–water partition coefficient (Wildman–Crippen LogP) is 2.47. The number of ether oxygens (including phenoxy) is 1. The fraction of sp³-hybridized carbons (Fsp3) is 0.267. The summed E-state index contributed by atoms with van der Waals surface area (Å²) in [4.78, 5) is 4.00. The largest absolute Gasteiger partial charge is 0.493 e. The second-order valence-corrected chi connectivity index (χ2v) is 4.22. The molecule has 0 bridgehead atoms. The lowest BCUT2D eigenvalue weighted by Crippen LogP contribution is -2.07. The highest BCUT2D eigenvalue weighted by Gasteiger charge is 2.05. The number of benzene rings is 1. The van der Waals surface area contributed by atoms with Gasteiger partial charge < -0.3 is 10.5 Å². The molecule has 0 radical (unpaired) electrons. The number of aryl methyl sites for hydroxylation is 1. The van der Waals surface area contributed by atoms with Crippen molar-refractivity contribution in [1.29, 1.82) is 0 Å². The molecule has 94 valence electrons. The van der Waals surface area contributed by atoms with Crippen LogP contribution in [-0.4, -0.2) is 11.6 Å². The lowest BCUT2D eigenvalue weighted by Gasteiger charge is -2.13. The number of pyridine rings is 1. The Labute approximate surface area is 108 Å². The van der Waals surface area contributed by atoms with Crippen molar-refractivity contribution in [2.24, 2.45) is 5.73 Å². The Bertz CT molecular complexity index is 497. The summed E-state index contributed by atoms with van der Waals surface area (Å²) in [5, 5.41) is 0. The van der Waals surface area contributed by atoms with Gasteiger partial charge in [-0.25, -0.2) is 0 Å². The summed E-state index contributed by atoms with van der Waals surface area (Å²) >= 11 is 0. The van der Waals surface area contributed by atoms with Gasteiger partial charge in [-0.2, -0.15) is 0 Å². The average Bonchev–Trinajstić information content (AvgIpc) is 2.41. The van der Waals surface area contributed by atoms with Gasteiger partial charge in [0.1, 0.15) is 5.75 Å². The van der Waals surface area contributed by atoms with E-state index in [0.29, 0.717) is 13.2 Å². The van der Waals surface area contributed by atoms with Gasteiger partial charge in [0.2, 0.25) is 0 Å². The minimum absolute atomic E-state index is 0.506. The number of para-hydroxylation sites is 1. The van der Waals surface area contributed by atoms with Gasteiger partial charge in [0.15, 0.2) is 0 Å². The molecule has 0 aliphatic carbocycles. The average molecular weight is 242 g/mol. The first-order valence-corrected chi connectivity index (χ1v) is 6.11. The molecule has 0 aliphatic rings. The molecule has 0 unspecified atom stereocenters. The lowest BCUT2D eigenvalue weighted by atomic mass is 10.1. The van der Waals surface area contributed by atoms with Crippen molar-refractivity contribution in [1.82, 2.24) is 4.98 Å². The van der Waals surface area contributed by atoms with Crippen LogP contribution in [0.1, 0.15) is 16.7 Å². The molecule has 2 aromatic rings. The molecule has 3 nitrogen and oxygen atoms in total. The lowest BCUT2D eigenvalue weighted by molar-refractivity contribution is 0.316. The molecule has 1 aromatic heterocycles. The molecule has 0 aliphatic heterocycles. The first-order chi connectivity index (χ1) is 8.81. The van der Waals surface area contributed by atoms with E-state index >= 15 is 0 Å². The number of nitrogens with zero attached hydrogens (tertiary/aromatic N) is 1.